The summed E-state index contributed by atoms with van der Waals surface area (Å²) in [4.78, 5) is 0. The largest absolute Gasteiger partial charge is 0.416 e. The van der Waals surface area contributed by atoms with Crippen molar-refractivity contribution in [1.82, 2.24) is 0 Å². The summed E-state index contributed by atoms with van der Waals surface area (Å²) in [5, 5.41) is 0.0374. The quantitative estimate of drug-likeness (QED) is 0.283. The summed E-state index contributed by atoms with van der Waals surface area (Å²) in [5.74, 6) is 0. The Bertz CT molecular complexity index is 928. The van der Waals surface area contributed by atoms with E-state index < -0.39 is 44.0 Å². The van der Waals surface area contributed by atoms with Crippen LogP contribution in [-0.4, -0.2) is 8.80 Å². The zero-order valence-corrected chi connectivity index (χ0v) is 16.3. The molecule has 0 bridgehead atoms. The van der Waals surface area contributed by atoms with Crippen LogP contribution in [-0.2, 0) is 18.5 Å². The van der Waals surface area contributed by atoms with Crippen LogP contribution in [0.3, 0.4) is 0 Å². The van der Waals surface area contributed by atoms with E-state index in [0.717, 1.165) is 54.6 Å². The first kappa shape index (κ1) is 22.9. The molecule has 0 aromatic heterocycles. The number of halogens is 9. The normalized spacial score (nSPS) is 13.0. The van der Waals surface area contributed by atoms with Crippen molar-refractivity contribution in [2.75, 3.05) is 0 Å². The van der Waals surface area contributed by atoms with E-state index in [9.17, 15) is 39.5 Å². The highest BCUT2D eigenvalue weighted by Crippen LogP contribution is 2.30. The van der Waals surface area contributed by atoms with Crippen molar-refractivity contribution in [1.29, 1.82) is 0 Å². The highest BCUT2D eigenvalue weighted by molar-refractivity contribution is 6.95. The van der Waals surface area contributed by atoms with E-state index in [2.05, 4.69) is 0 Å². The molecule has 0 saturated heterocycles. The molecule has 0 spiro atoms. The summed E-state index contributed by atoms with van der Waals surface area (Å²) in [6.07, 6.45) is -14.2. The summed E-state index contributed by atoms with van der Waals surface area (Å²) in [6, 6.07) is 11.8. The molecule has 0 aliphatic carbocycles. The van der Waals surface area contributed by atoms with Gasteiger partial charge in [-0.3, -0.25) is 0 Å². The van der Waals surface area contributed by atoms with Crippen molar-refractivity contribution in [2.24, 2.45) is 0 Å². The molecule has 163 valence electrons. The maximum Gasteiger partial charge on any atom is 0.416 e. The molecule has 1 radical (unpaired) electrons. The number of rotatable bonds is 3. The molecule has 0 aliphatic heterocycles. The molecule has 0 saturated carbocycles. The lowest BCUT2D eigenvalue weighted by Gasteiger charge is -2.20. The van der Waals surface area contributed by atoms with Crippen molar-refractivity contribution in [3.63, 3.8) is 0 Å². The number of alkyl halides is 9. The summed E-state index contributed by atoms with van der Waals surface area (Å²) < 4.78 is 119. The maximum atomic E-state index is 13.2. The highest BCUT2D eigenvalue weighted by Gasteiger charge is 2.35. The molecule has 0 aliphatic rings. The smallest absolute Gasteiger partial charge is 0.166 e. The first-order valence-corrected chi connectivity index (χ1v) is 10.2. The standard InChI is InChI=1S/C21H12F9Si/c22-19(23,24)13-4-1-7-16(10-13)31(17-8-2-5-14(11-17)20(25,26)27)18-9-3-6-15(12-18)21(28,29)30/h1-12H. The molecule has 3 aromatic carbocycles. The van der Waals surface area contributed by atoms with E-state index in [-0.39, 0.29) is 15.6 Å². The van der Waals surface area contributed by atoms with Crippen LogP contribution in [0.2, 0.25) is 0 Å². The van der Waals surface area contributed by atoms with Gasteiger partial charge in [0, 0.05) is 0 Å². The van der Waals surface area contributed by atoms with Gasteiger partial charge in [-0.2, -0.15) is 39.5 Å². The third-order valence-corrected chi connectivity index (χ3v) is 7.10. The zero-order valence-electron chi connectivity index (χ0n) is 15.3. The predicted molar refractivity (Wildman–Crippen MR) is 99.0 cm³/mol. The highest BCUT2D eigenvalue weighted by atomic mass is 28.3. The van der Waals surface area contributed by atoms with Crippen LogP contribution in [0.1, 0.15) is 16.7 Å². The zero-order chi connectivity index (χ0) is 23.0. The first-order valence-electron chi connectivity index (χ1n) is 8.66. The molecule has 0 unspecified atom stereocenters. The maximum absolute atomic E-state index is 13.2. The third kappa shape index (κ3) is 5.30. The van der Waals surface area contributed by atoms with Gasteiger partial charge in [-0.15, -0.1) is 0 Å². The average molecular weight is 463 g/mol. The van der Waals surface area contributed by atoms with Gasteiger partial charge in [0.15, 0.2) is 8.80 Å². The first-order chi connectivity index (χ1) is 14.3. The topological polar surface area (TPSA) is 0 Å². The Morgan fingerprint density at radius 1 is 0.419 bits per heavy atom. The molecular weight excluding hydrogens is 451 g/mol. The van der Waals surface area contributed by atoms with Crippen molar-refractivity contribution in [3.8, 4) is 0 Å². The van der Waals surface area contributed by atoms with E-state index in [0.29, 0.717) is 0 Å². The second-order valence-electron chi connectivity index (χ2n) is 6.61. The van der Waals surface area contributed by atoms with Gasteiger partial charge in [-0.05, 0) is 0 Å². The lowest BCUT2D eigenvalue weighted by Crippen LogP contribution is -2.52. The minimum absolute atomic E-state index is 0.0125. The van der Waals surface area contributed by atoms with Crippen LogP contribution < -0.4 is 15.6 Å². The van der Waals surface area contributed by atoms with E-state index in [1.54, 1.807) is 0 Å². The lowest BCUT2D eigenvalue weighted by atomic mass is 10.2. The van der Waals surface area contributed by atoms with Crippen LogP contribution in [0.4, 0.5) is 39.5 Å². The molecule has 0 heterocycles. The Morgan fingerprint density at radius 2 is 0.677 bits per heavy atom. The van der Waals surface area contributed by atoms with E-state index in [1.165, 1.54) is 18.2 Å². The van der Waals surface area contributed by atoms with E-state index >= 15 is 0 Å². The molecule has 0 atom stereocenters. The summed E-state index contributed by atoms with van der Waals surface area (Å²) in [6.45, 7) is 0. The lowest BCUT2D eigenvalue weighted by molar-refractivity contribution is -0.138. The van der Waals surface area contributed by atoms with E-state index in [4.69, 9.17) is 0 Å². The fraction of sp³-hybridized carbons (Fsp3) is 0.143. The molecular formula is C21H12F9Si. The van der Waals surface area contributed by atoms with Crippen LogP contribution >= 0.6 is 0 Å². The molecule has 0 N–H and O–H groups in total. The molecule has 3 aromatic rings. The van der Waals surface area contributed by atoms with Gasteiger partial charge in [0.1, 0.15) is 0 Å². The van der Waals surface area contributed by atoms with Gasteiger partial charge < -0.3 is 0 Å². The Labute approximate surface area is 172 Å². The minimum Gasteiger partial charge on any atom is -0.166 e. The van der Waals surface area contributed by atoms with Gasteiger partial charge in [-0.25, -0.2) is 0 Å². The summed E-state index contributed by atoms with van der Waals surface area (Å²) in [7, 11) is -2.62. The van der Waals surface area contributed by atoms with Gasteiger partial charge in [0.05, 0.1) is 16.7 Å². The third-order valence-electron chi connectivity index (χ3n) is 4.44. The van der Waals surface area contributed by atoms with Crippen molar-refractivity contribution in [3.05, 3.63) is 89.5 Å². The summed E-state index contributed by atoms with van der Waals surface area (Å²) in [5.41, 5.74) is -3.11. The minimum atomic E-state index is -4.72. The molecule has 0 fully saturated rings. The molecule has 0 amide bonds. The average Bonchev–Trinajstić information content (AvgIpc) is 2.67. The molecule has 3 rings (SSSR count). The number of hydrogen-bond acceptors (Lipinski definition) is 0. The van der Waals surface area contributed by atoms with Crippen LogP contribution in [0, 0.1) is 0 Å². The van der Waals surface area contributed by atoms with Gasteiger partial charge in [-0.1, -0.05) is 88.4 Å². The fourth-order valence-corrected chi connectivity index (χ4v) is 5.74. The number of hydrogen-bond donors (Lipinski definition) is 0. The van der Waals surface area contributed by atoms with Crippen LogP contribution in [0.15, 0.2) is 72.8 Å². The Balaban J connectivity index is 2.24. The predicted octanol–water partition coefficient (Wildman–Crippen LogP) is 5.26. The second kappa shape index (κ2) is 8.06. The van der Waals surface area contributed by atoms with Gasteiger partial charge in [0.25, 0.3) is 0 Å². The van der Waals surface area contributed by atoms with Crippen LogP contribution in [0.25, 0.3) is 0 Å². The van der Waals surface area contributed by atoms with Gasteiger partial charge >= 0.3 is 18.5 Å². The molecule has 31 heavy (non-hydrogen) atoms. The number of benzene rings is 3. The Morgan fingerprint density at radius 3 is 0.903 bits per heavy atom. The Hall–Kier alpha value is -2.75. The molecule has 10 heteroatoms. The van der Waals surface area contributed by atoms with Gasteiger partial charge in [0.2, 0.25) is 0 Å². The second-order valence-corrected chi connectivity index (χ2v) is 9.09. The van der Waals surface area contributed by atoms with E-state index in [1.807, 2.05) is 0 Å². The van der Waals surface area contributed by atoms with Crippen molar-refractivity contribution < 1.29 is 39.5 Å². The SMILES string of the molecule is FC(F)(F)c1cccc([Si](c2cccc(C(F)(F)F)c2)c2cccc(C(F)(F)F)c2)c1. The van der Waals surface area contributed by atoms with Crippen molar-refractivity contribution in [2.45, 2.75) is 18.5 Å². The Kier molecular flexibility index (Phi) is 5.96. The molecule has 0 nitrogen and oxygen atoms in total. The van der Waals surface area contributed by atoms with Crippen LogP contribution in [0.5, 0.6) is 0 Å². The summed E-state index contributed by atoms with van der Waals surface area (Å²) >= 11 is 0. The monoisotopic (exact) mass is 463 g/mol. The fourth-order valence-electron chi connectivity index (χ4n) is 3.05. The van der Waals surface area contributed by atoms with Crippen molar-refractivity contribution >= 4 is 24.4 Å².